The van der Waals surface area contributed by atoms with Gasteiger partial charge in [-0.2, -0.15) is 4.31 Å². The first-order valence-electron chi connectivity index (χ1n) is 7.04. The Bertz CT molecular complexity index is 733. The van der Waals surface area contributed by atoms with Gasteiger partial charge in [0.15, 0.2) is 0 Å². The number of nitrogens with zero attached hydrogens (tertiary/aromatic N) is 1. The largest absolute Gasteiger partial charge is 0.387 e. The van der Waals surface area contributed by atoms with Crippen molar-refractivity contribution in [1.82, 2.24) is 4.31 Å². The predicted octanol–water partition coefficient (Wildman–Crippen LogP) is 0.327. The average molecular weight is 308 g/mol. The summed E-state index contributed by atoms with van der Waals surface area (Å²) in [6, 6.07) is 4.69. The van der Waals surface area contributed by atoms with Crippen LogP contribution in [0, 0.1) is 5.92 Å². The van der Waals surface area contributed by atoms with Gasteiger partial charge >= 0.3 is 0 Å². The Morgan fingerprint density at radius 2 is 2.00 bits per heavy atom. The second kappa shape index (κ2) is 4.06. The van der Waals surface area contributed by atoms with Crippen molar-refractivity contribution in [3.05, 3.63) is 23.8 Å². The van der Waals surface area contributed by atoms with E-state index in [9.17, 15) is 18.3 Å². The highest BCUT2D eigenvalue weighted by Crippen LogP contribution is 2.46. The van der Waals surface area contributed by atoms with Gasteiger partial charge in [0.25, 0.3) is 0 Å². The number of rotatable bonds is 3. The molecule has 0 spiro atoms. The molecule has 1 saturated heterocycles. The van der Waals surface area contributed by atoms with Gasteiger partial charge in [0, 0.05) is 18.8 Å². The Morgan fingerprint density at radius 3 is 2.67 bits per heavy atom. The van der Waals surface area contributed by atoms with E-state index in [0.29, 0.717) is 11.3 Å². The van der Waals surface area contributed by atoms with Gasteiger partial charge in [0.05, 0.1) is 16.9 Å². The number of carbonyl (C=O) groups excluding carboxylic acids is 1. The summed E-state index contributed by atoms with van der Waals surface area (Å²) >= 11 is 0. The van der Waals surface area contributed by atoms with Gasteiger partial charge in [0.2, 0.25) is 15.9 Å². The van der Waals surface area contributed by atoms with Gasteiger partial charge in [0.1, 0.15) is 0 Å². The number of carbonyl (C=O) groups is 1. The third-order valence-corrected chi connectivity index (χ3v) is 6.36. The van der Waals surface area contributed by atoms with Gasteiger partial charge in [-0.05, 0) is 42.5 Å². The summed E-state index contributed by atoms with van der Waals surface area (Å²) in [5, 5.41) is 12.9. The number of hydrogen-bond donors (Lipinski definition) is 2. The maximum Gasteiger partial charge on any atom is 0.243 e. The molecule has 21 heavy (non-hydrogen) atoms. The van der Waals surface area contributed by atoms with Crippen LogP contribution >= 0.6 is 0 Å². The molecule has 2 fully saturated rings. The molecule has 0 aromatic heterocycles. The van der Waals surface area contributed by atoms with Crippen molar-refractivity contribution in [3.63, 3.8) is 0 Å². The normalized spacial score (nSPS) is 24.3. The second-order valence-electron chi connectivity index (χ2n) is 6.19. The van der Waals surface area contributed by atoms with Crippen molar-refractivity contribution in [1.29, 1.82) is 0 Å². The van der Waals surface area contributed by atoms with Crippen LogP contribution in [0.15, 0.2) is 23.1 Å². The zero-order valence-electron chi connectivity index (χ0n) is 11.4. The van der Waals surface area contributed by atoms with Crippen molar-refractivity contribution in [2.75, 3.05) is 18.4 Å². The lowest BCUT2D eigenvalue weighted by Crippen LogP contribution is -2.64. The molecule has 1 aromatic carbocycles. The van der Waals surface area contributed by atoms with Crippen LogP contribution in [0.3, 0.4) is 0 Å². The molecule has 0 atom stereocenters. The van der Waals surface area contributed by atoms with Gasteiger partial charge in [-0.1, -0.05) is 0 Å². The highest BCUT2D eigenvalue weighted by molar-refractivity contribution is 7.89. The van der Waals surface area contributed by atoms with E-state index in [-0.39, 0.29) is 36.2 Å². The third kappa shape index (κ3) is 1.99. The molecule has 0 radical (unpaired) electrons. The van der Waals surface area contributed by atoms with Crippen molar-refractivity contribution in [2.45, 2.75) is 29.8 Å². The van der Waals surface area contributed by atoms with Crippen molar-refractivity contribution >= 4 is 21.6 Å². The molecule has 2 N–H and O–H groups in total. The highest BCUT2D eigenvalue weighted by Gasteiger charge is 2.55. The zero-order chi connectivity index (χ0) is 14.8. The van der Waals surface area contributed by atoms with E-state index in [1.54, 1.807) is 12.1 Å². The molecule has 1 saturated carbocycles. The monoisotopic (exact) mass is 308 g/mol. The Hall–Kier alpha value is -1.44. The van der Waals surface area contributed by atoms with Crippen LogP contribution in [0.25, 0.3) is 0 Å². The number of amides is 1. The standard InChI is InChI=1S/C14H16N2O4S/c17-13-6-9-5-11(3-4-12(9)15-13)21(19,20)16-7-14(18,8-16)10-1-2-10/h3-5,10,18H,1-2,6-8H2,(H,15,17). The van der Waals surface area contributed by atoms with E-state index in [1.165, 1.54) is 10.4 Å². The molecule has 3 aliphatic rings. The van der Waals surface area contributed by atoms with E-state index < -0.39 is 15.6 Å². The lowest BCUT2D eigenvalue weighted by atomic mass is 9.91. The number of anilines is 1. The Morgan fingerprint density at radius 1 is 1.29 bits per heavy atom. The first-order chi connectivity index (χ1) is 9.88. The molecule has 2 heterocycles. The first-order valence-corrected chi connectivity index (χ1v) is 8.48. The molecule has 6 nitrogen and oxygen atoms in total. The van der Waals surface area contributed by atoms with Crippen LogP contribution in [-0.2, 0) is 21.2 Å². The maximum absolute atomic E-state index is 12.5. The number of aliphatic hydroxyl groups is 1. The van der Waals surface area contributed by atoms with Crippen LogP contribution in [0.5, 0.6) is 0 Å². The highest BCUT2D eigenvalue weighted by atomic mass is 32.2. The van der Waals surface area contributed by atoms with Crippen LogP contribution in [0.1, 0.15) is 18.4 Å². The third-order valence-electron chi connectivity index (χ3n) is 4.58. The lowest BCUT2D eigenvalue weighted by Gasteiger charge is -2.45. The smallest absolute Gasteiger partial charge is 0.243 e. The predicted molar refractivity (Wildman–Crippen MR) is 75.2 cm³/mol. The maximum atomic E-state index is 12.5. The van der Waals surface area contributed by atoms with Crippen molar-refractivity contribution in [2.24, 2.45) is 5.92 Å². The minimum absolute atomic E-state index is 0.119. The summed E-state index contributed by atoms with van der Waals surface area (Å²) in [5.41, 5.74) is 0.553. The van der Waals surface area contributed by atoms with Gasteiger partial charge in [-0.3, -0.25) is 4.79 Å². The van der Waals surface area contributed by atoms with Gasteiger partial charge < -0.3 is 10.4 Å². The van der Waals surface area contributed by atoms with E-state index in [1.807, 2.05) is 0 Å². The summed E-state index contributed by atoms with van der Waals surface area (Å²) in [7, 11) is -3.58. The quantitative estimate of drug-likeness (QED) is 0.842. The van der Waals surface area contributed by atoms with Crippen LogP contribution in [0.4, 0.5) is 5.69 Å². The van der Waals surface area contributed by atoms with E-state index in [2.05, 4.69) is 5.32 Å². The number of sulfonamides is 1. The molecule has 1 aliphatic carbocycles. The molecular weight excluding hydrogens is 292 g/mol. The number of benzene rings is 1. The minimum atomic E-state index is -3.58. The van der Waals surface area contributed by atoms with E-state index in [0.717, 1.165) is 12.8 Å². The van der Waals surface area contributed by atoms with Crippen LogP contribution in [0.2, 0.25) is 0 Å². The molecule has 2 aliphatic heterocycles. The fourth-order valence-corrected chi connectivity index (χ4v) is 4.74. The Balaban J connectivity index is 1.58. The SMILES string of the molecule is O=C1Cc2cc(S(=O)(=O)N3CC(O)(C4CC4)C3)ccc2N1. The summed E-state index contributed by atoms with van der Waals surface area (Å²) in [5.74, 6) is 0.136. The lowest BCUT2D eigenvalue weighted by molar-refractivity contribution is -0.115. The molecule has 1 amide bonds. The number of hydrogen-bond acceptors (Lipinski definition) is 4. The average Bonchev–Trinajstić information content (AvgIpc) is 3.16. The molecule has 1 aromatic rings. The molecule has 0 unspecified atom stereocenters. The topological polar surface area (TPSA) is 86.7 Å². The molecule has 7 heteroatoms. The Kier molecular flexibility index (Phi) is 2.56. The van der Waals surface area contributed by atoms with Crippen molar-refractivity contribution in [3.8, 4) is 0 Å². The fraction of sp³-hybridized carbons (Fsp3) is 0.500. The van der Waals surface area contributed by atoms with Crippen molar-refractivity contribution < 1.29 is 18.3 Å². The number of nitrogens with one attached hydrogen (secondary N) is 1. The van der Waals surface area contributed by atoms with Gasteiger partial charge in [-0.25, -0.2) is 8.42 Å². The summed E-state index contributed by atoms with van der Waals surface area (Å²) in [4.78, 5) is 11.5. The second-order valence-corrected chi connectivity index (χ2v) is 8.13. The summed E-state index contributed by atoms with van der Waals surface area (Å²) in [6.07, 6.45) is 2.18. The molecule has 112 valence electrons. The van der Waals surface area contributed by atoms with E-state index >= 15 is 0 Å². The molecule has 0 bridgehead atoms. The number of fused-ring (bicyclic) bond motifs is 1. The zero-order valence-corrected chi connectivity index (χ0v) is 12.2. The minimum Gasteiger partial charge on any atom is -0.387 e. The van der Waals surface area contributed by atoms with Crippen LogP contribution in [-0.4, -0.2) is 42.4 Å². The molecule has 4 rings (SSSR count). The van der Waals surface area contributed by atoms with Crippen LogP contribution < -0.4 is 5.32 Å². The summed E-state index contributed by atoms with van der Waals surface area (Å²) in [6.45, 7) is 0.350. The Labute approximate surface area is 122 Å². The van der Waals surface area contributed by atoms with Gasteiger partial charge in [-0.15, -0.1) is 0 Å². The molecular formula is C14H16N2O4S. The van der Waals surface area contributed by atoms with E-state index in [4.69, 9.17) is 0 Å². The number of β-amino-alcohol motifs (C(OH)–C–C–N with tert-alkyl or cyclic N) is 1. The summed E-state index contributed by atoms with van der Waals surface area (Å²) < 4.78 is 26.4. The fourth-order valence-electron chi connectivity index (χ4n) is 3.13. The first kappa shape index (κ1) is 13.2.